The first-order valence-electron chi connectivity index (χ1n) is 12.8. The van der Waals surface area contributed by atoms with Crippen LogP contribution in [-0.4, -0.2) is 56.3 Å². The van der Waals surface area contributed by atoms with Crippen molar-refractivity contribution in [1.82, 2.24) is 10.2 Å². The number of nitrogens with one attached hydrogen (secondary N) is 1. The number of piperidine rings is 1. The molecule has 2 fully saturated rings. The predicted octanol–water partition coefficient (Wildman–Crippen LogP) is 5.61. The number of carbonyl (C=O) groups excluding carboxylic acids is 1. The Morgan fingerprint density at radius 3 is 2.68 bits per heavy atom. The number of halogens is 3. The second-order valence-electron chi connectivity index (χ2n) is 10.2. The number of likely N-dealkylation sites (tertiary alicyclic amines) is 1. The third-order valence-electron chi connectivity index (χ3n) is 8.09. The van der Waals surface area contributed by atoms with Gasteiger partial charge >= 0.3 is 6.18 Å². The molecule has 1 saturated heterocycles. The molecule has 1 amide bonds. The van der Waals surface area contributed by atoms with Crippen molar-refractivity contribution in [3.63, 3.8) is 0 Å². The molecule has 4 rings (SSSR count). The number of hydrogen-bond acceptors (Lipinski definition) is 4. The number of methoxy groups -OCH3 is 2. The highest BCUT2D eigenvalue weighted by atomic mass is 19.4. The van der Waals surface area contributed by atoms with E-state index < -0.39 is 17.3 Å². The van der Waals surface area contributed by atoms with Gasteiger partial charge in [-0.1, -0.05) is 30.3 Å². The SMILES string of the molecule is C=CCN1CCC2(c3cccc(OC)c3)CC(NC(=O)C=Cc3cccc(C(F)(F)F)c3)CCC2(OC)C1. The largest absolute Gasteiger partial charge is 0.497 e. The summed E-state index contributed by atoms with van der Waals surface area (Å²) in [5, 5.41) is 3.10. The van der Waals surface area contributed by atoms with Crippen LogP contribution in [0.5, 0.6) is 5.75 Å². The van der Waals surface area contributed by atoms with E-state index in [2.05, 4.69) is 28.9 Å². The summed E-state index contributed by atoms with van der Waals surface area (Å²) in [6, 6.07) is 12.9. The maximum absolute atomic E-state index is 13.0. The van der Waals surface area contributed by atoms with Crippen LogP contribution in [0.1, 0.15) is 42.4 Å². The molecule has 1 N–H and O–H groups in total. The molecule has 204 valence electrons. The highest BCUT2D eigenvalue weighted by molar-refractivity contribution is 5.92. The van der Waals surface area contributed by atoms with Crippen molar-refractivity contribution in [2.45, 2.75) is 48.9 Å². The molecule has 1 aliphatic carbocycles. The zero-order valence-electron chi connectivity index (χ0n) is 21.9. The van der Waals surface area contributed by atoms with Crippen LogP contribution in [0.3, 0.4) is 0 Å². The summed E-state index contributed by atoms with van der Waals surface area (Å²) in [5.41, 5.74) is -0.105. The number of alkyl halides is 3. The van der Waals surface area contributed by atoms with Gasteiger partial charge in [0.15, 0.2) is 0 Å². The molecule has 1 aliphatic heterocycles. The van der Waals surface area contributed by atoms with Gasteiger partial charge in [0, 0.05) is 37.7 Å². The Bertz CT molecular complexity index is 1180. The lowest BCUT2D eigenvalue weighted by Crippen LogP contribution is -2.67. The second-order valence-corrected chi connectivity index (χ2v) is 10.2. The van der Waals surface area contributed by atoms with Crippen LogP contribution >= 0.6 is 0 Å². The molecule has 0 bridgehead atoms. The lowest BCUT2D eigenvalue weighted by atomic mass is 9.55. The zero-order valence-corrected chi connectivity index (χ0v) is 21.9. The van der Waals surface area contributed by atoms with Crippen molar-refractivity contribution in [3.8, 4) is 5.75 Å². The van der Waals surface area contributed by atoms with E-state index >= 15 is 0 Å². The Kier molecular flexibility index (Phi) is 8.33. The Labute approximate surface area is 222 Å². The molecule has 0 aromatic heterocycles. The van der Waals surface area contributed by atoms with Crippen molar-refractivity contribution >= 4 is 12.0 Å². The quantitative estimate of drug-likeness (QED) is 0.358. The van der Waals surface area contributed by atoms with Gasteiger partial charge in [-0.3, -0.25) is 9.69 Å². The number of fused-ring (bicyclic) bond motifs is 1. The van der Waals surface area contributed by atoms with E-state index in [1.165, 1.54) is 18.2 Å². The monoisotopic (exact) mass is 528 g/mol. The topological polar surface area (TPSA) is 50.8 Å². The molecular formula is C30H35F3N2O3. The molecule has 2 aromatic rings. The van der Waals surface area contributed by atoms with E-state index in [1.54, 1.807) is 20.3 Å². The number of benzene rings is 2. The minimum absolute atomic E-state index is 0.117. The molecule has 2 aromatic carbocycles. The molecule has 3 atom stereocenters. The third-order valence-corrected chi connectivity index (χ3v) is 8.09. The maximum Gasteiger partial charge on any atom is 0.416 e. The van der Waals surface area contributed by atoms with Gasteiger partial charge in [-0.15, -0.1) is 6.58 Å². The second kappa shape index (κ2) is 11.3. The normalized spacial score (nSPS) is 26.1. The van der Waals surface area contributed by atoms with Crippen molar-refractivity contribution < 1.29 is 27.4 Å². The van der Waals surface area contributed by atoms with E-state index in [1.807, 2.05) is 18.2 Å². The number of rotatable bonds is 8. The van der Waals surface area contributed by atoms with Gasteiger partial charge in [-0.25, -0.2) is 0 Å². The van der Waals surface area contributed by atoms with Crippen molar-refractivity contribution in [1.29, 1.82) is 0 Å². The fourth-order valence-electron chi connectivity index (χ4n) is 6.21. The molecule has 8 heteroatoms. The summed E-state index contributed by atoms with van der Waals surface area (Å²) in [7, 11) is 3.41. The molecule has 0 radical (unpaired) electrons. The summed E-state index contributed by atoms with van der Waals surface area (Å²) in [5.74, 6) is 0.438. The van der Waals surface area contributed by atoms with Gasteiger partial charge in [0.05, 0.1) is 18.3 Å². The van der Waals surface area contributed by atoms with E-state index in [0.717, 1.165) is 62.3 Å². The van der Waals surface area contributed by atoms with Crippen LogP contribution in [0.15, 0.2) is 67.3 Å². The predicted molar refractivity (Wildman–Crippen MR) is 142 cm³/mol. The number of amides is 1. The Morgan fingerprint density at radius 1 is 1.18 bits per heavy atom. The van der Waals surface area contributed by atoms with Gasteiger partial charge in [-0.2, -0.15) is 13.2 Å². The standard InChI is InChI=1S/C30H35F3N2O3/c1-4-16-35-17-15-28(23-8-6-10-26(19-23)37-2)20-25(13-14-29(28,21-35)38-3)34-27(36)12-11-22-7-5-9-24(18-22)30(31,32)33/h4-12,18-19,25H,1,13-17,20-21H2,2-3H3,(H,34,36). The first kappa shape index (κ1) is 27.9. The van der Waals surface area contributed by atoms with Crippen LogP contribution in [0.2, 0.25) is 0 Å². The van der Waals surface area contributed by atoms with Crippen molar-refractivity contribution in [3.05, 3.63) is 84.0 Å². The van der Waals surface area contributed by atoms with Gasteiger partial charge < -0.3 is 14.8 Å². The van der Waals surface area contributed by atoms with Crippen molar-refractivity contribution in [2.75, 3.05) is 33.9 Å². The highest BCUT2D eigenvalue weighted by Crippen LogP contribution is 2.53. The molecule has 1 saturated carbocycles. The van der Waals surface area contributed by atoms with Crippen molar-refractivity contribution in [2.24, 2.45) is 0 Å². The number of ether oxygens (including phenoxy) is 2. The van der Waals surface area contributed by atoms with E-state index in [0.29, 0.717) is 12.0 Å². The van der Waals surface area contributed by atoms with Crippen LogP contribution in [0.4, 0.5) is 13.2 Å². The average molecular weight is 529 g/mol. The molecule has 3 unspecified atom stereocenters. The summed E-state index contributed by atoms with van der Waals surface area (Å²) in [6.07, 6.45) is 3.19. The molecular weight excluding hydrogens is 493 g/mol. The molecule has 0 spiro atoms. The van der Waals surface area contributed by atoms with E-state index in [9.17, 15) is 18.0 Å². The van der Waals surface area contributed by atoms with Gasteiger partial charge in [-0.05, 0) is 73.7 Å². The van der Waals surface area contributed by atoms with E-state index in [-0.39, 0.29) is 17.4 Å². The summed E-state index contributed by atoms with van der Waals surface area (Å²) in [6.45, 7) is 6.29. The molecule has 1 heterocycles. The van der Waals surface area contributed by atoms with E-state index in [4.69, 9.17) is 9.47 Å². The number of carbonyl (C=O) groups is 1. The lowest BCUT2D eigenvalue weighted by Gasteiger charge is -2.59. The average Bonchev–Trinajstić information content (AvgIpc) is 2.92. The smallest absolute Gasteiger partial charge is 0.416 e. The fourth-order valence-corrected chi connectivity index (χ4v) is 6.21. The van der Waals surface area contributed by atoms with Gasteiger partial charge in [0.2, 0.25) is 5.91 Å². The highest BCUT2D eigenvalue weighted by Gasteiger charge is 2.58. The minimum atomic E-state index is -4.43. The number of nitrogens with zero attached hydrogens (tertiary/aromatic N) is 1. The van der Waals surface area contributed by atoms with Gasteiger partial charge in [0.25, 0.3) is 0 Å². The fraction of sp³-hybridized carbons (Fsp3) is 0.433. The first-order valence-corrected chi connectivity index (χ1v) is 12.8. The molecule has 2 aliphatic rings. The lowest BCUT2D eigenvalue weighted by molar-refractivity contribution is -0.148. The zero-order chi connectivity index (χ0) is 27.4. The Hall–Kier alpha value is -3.10. The van der Waals surface area contributed by atoms with Crippen LogP contribution < -0.4 is 10.1 Å². The van der Waals surface area contributed by atoms with Crippen LogP contribution in [0.25, 0.3) is 6.08 Å². The minimum Gasteiger partial charge on any atom is -0.497 e. The first-order chi connectivity index (χ1) is 18.1. The third kappa shape index (κ3) is 5.66. The molecule has 38 heavy (non-hydrogen) atoms. The van der Waals surface area contributed by atoms with Crippen LogP contribution in [0, 0.1) is 0 Å². The summed E-state index contributed by atoms with van der Waals surface area (Å²) >= 11 is 0. The summed E-state index contributed by atoms with van der Waals surface area (Å²) < 4.78 is 51.0. The maximum atomic E-state index is 13.0. The number of hydrogen-bond donors (Lipinski definition) is 1. The Morgan fingerprint density at radius 2 is 1.97 bits per heavy atom. The van der Waals surface area contributed by atoms with Gasteiger partial charge in [0.1, 0.15) is 5.75 Å². The Balaban J connectivity index is 1.57. The summed E-state index contributed by atoms with van der Waals surface area (Å²) in [4.78, 5) is 15.2. The van der Waals surface area contributed by atoms with Crippen LogP contribution in [-0.2, 0) is 21.1 Å². The molecule has 5 nitrogen and oxygen atoms in total.